The zero-order valence-corrected chi connectivity index (χ0v) is 19.7. The summed E-state index contributed by atoms with van der Waals surface area (Å²) >= 11 is 0. The number of H-pyrrole nitrogens is 1. The van der Waals surface area contributed by atoms with Crippen LogP contribution in [-0.4, -0.2) is 25.0 Å². The van der Waals surface area contributed by atoms with Crippen molar-refractivity contribution in [2.24, 2.45) is 0 Å². The second-order valence-electron chi connectivity index (χ2n) is 9.07. The molecule has 0 saturated carbocycles. The minimum Gasteiger partial charge on any atom is -0.493 e. The first-order chi connectivity index (χ1) is 17.2. The molecular weight excluding hydrogens is 438 g/mol. The lowest BCUT2D eigenvalue weighted by atomic mass is 9.78. The van der Waals surface area contributed by atoms with Crippen molar-refractivity contribution in [3.8, 4) is 11.5 Å². The van der Waals surface area contributed by atoms with Crippen LogP contribution in [0.2, 0.25) is 0 Å². The highest BCUT2D eigenvalue weighted by molar-refractivity contribution is 6.02. The topological polar surface area (TPSA) is 75.4 Å². The Morgan fingerprint density at radius 3 is 2.46 bits per heavy atom. The largest absolute Gasteiger partial charge is 0.493 e. The monoisotopic (exact) mass is 465 g/mol. The standard InChI is InChI=1S/C29H27N3O3/c1-34-26-12-11-17(15-27(26)35-2)18-13-24-28(25(33)14-18)29(32-23-10-6-5-9-22(23)31-24)20-16-30-21-8-4-3-7-19(20)21/h3-12,15-16,18,29-32H,13-14H2,1-2H3/t18-,29-/m0/s1. The summed E-state index contributed by atoms with van der Waals surface area (Å²) in [5.74, 6) is 1.55. The van der Waals surface area contributed by atoms with Gasteiger partial charge in [-0.1, -0.05) is 36.4 Å². The fourth-order valence-electron chi connectivity index (χ4n) is 5.40. The number of hydrogen-bond acceptors (Lipinski definition) is 5. The first-order valence-corrected chi connectivity index (χ1v) is 11.8. The average Bonchev–Trinajstić information content (AvgIpc) is 3.24. The van der Waals surface area contributed by atoms with Crippen LogP contribution in [0.4, 0.5) is 11.4 Å². The van der Waals surface area contributed by atoms with Crippen molar-refractivity contribution in [2.75, 3.05) is 24.9 Å². The van der Waals surface area contributed by atoms with Gasteiger partial charge in [0.15, 0.2) is 17.3 Å². The highest BCUT2D eigenvalue weighted by Crippen LogP contribution is 2.46. The quantitative estimate of drug-likeness (QED) is 0.336. The molecule has 0 unspecified atom stereocenters. The molecule has 0 spiro atoms. The number of carbonyl (C=O) groups excluding carboxylic acids is 1. The zero-order chi connectivity index (χ0) is 23.9. The number of anilines is 2. The molecule has 6 rings (SSSR count). The summed E-state index contributed by atoms with van der Waals surface area (Å²) in [4.78, 5) is 17.2. The molecule has 0 bridgehead atoms. The maximum Gasteiger partial charge on any atom is 0.163 e. The number of fused-ring (bicyclic) bond motifs is 2. The van der Waals surface area contributed by atoms with Crippen molar-refractivity contribution in [3.63, 3.8) is 0 Å². The van der Waals surface area contributed by atoms with E-state index in [1.807, 2.05) is 48.7 Å². The number of aromatic nitrogens is 1. The molecule has 1 aliphatic heterocycles. The van der Waals surface area contributed by atoms with Gasteiger partial charge in [-0.2, -0.15) is 0 Å². The van der Waals surface area contributed by atoms with Crippen LogP contribution in [0.15, 0.2) is 84.2 Å². The summed E-state index contributed by atoms with van der Waals surface area (Å²) in [7, 11) is 3.26. The average molecular weight is 466 g/mol. The van der Waals surface area contributed by atoms with Crippen LogP contribution in [0.3, 0.4) is 0 Å². The molecule has 2 heterocycles. The summed E-state index contributed by atoms with van der Waals surface area (Å²) in [6.07, 6.45) is 3.19. The Bertz CT molecular complexity index is 1470. The zero-order valence-electron chi connectivity index (χ0n) is 19.7. The van der Waals surface area contributed by atoms with Crippen LogP contribution >= 0.6 is 0 Å². The van der Waals surface area contributed by atoms with Crippen LogP contribution in [-0.2, 0) is 4.79 Å². The maximum atomic E-state index is 13.8. The summed E-state index contributed by atoms with van der Waals surface area (Å²) in [5, 5.41) is 8.40. The van der Waals surface area contributed by atoms with Gasteiger partial charge in [-0.05, 0) is 48.2 Å². The van der Waals surface area contributed by atoms with Crippen molar-refractivity contribution in [1.82, 2.24) is 4.98 Å². The van der Waals surface area contributed by atoms with Gasteiger partial charge < -0.3 is 25.1 Å². The highest BCUT2D eigenvalue weighted by Gasteiger charge is 2.37. The first kappa shape index (κ1) is 21.4. The Balaban J connectivity index is 1.46. The van der Waals surface area contributed by atoms with E-state index in [0.717, 1.165) is 51.1 Å². The smallest absolute Gasteiger partial charge is 0.163 e. The molecule has 3 N–H and O–H groups in total. The van der Waals surface area contributed by atoms with Gasteiger partial charge in [0.25, 0.3) is 0 Å². The number of ketones is 1. The fraction of sp³-hybridized carbons (Fsp3) is 0.207. The minimum absolute atomic E-state index is 0.0439. The van der Waals surface area contributed by atoms with Crippen LogP contribution < -0.4 is 20.1 Å². The Hall–Kier alpha value is -4.19. The minimum atomic E-state index is -0.254. The van der Waals surface area contributed by atoms with Gasteiger partial charge in [0.2, 0.25) is 0 Å². The predicted molar refractivity (Wildman–Crippen MR) is 138 cm³/mol. The Labute approximate surface area is 204 Å². The Morgan fingerprint density at radius 1 is 0.857 bits per heavy atom. The van der Waals surface area contributed by atoms with Gasteiger partial charge in [-0.25, -0.2) is 0 Å². The molecule has 3 aromatic carbocycles. The summed E-state index contributed by atoms with van der Waals surface area (Å²) in [6.45, 7) is 0. The van der Waals surface area contributed by atoms with E-state index in [4.69, 9.17) is 9.47 Å². The van der Waals surface area contributed by atoms with Gasteiger partial charge in [-0.15, -0.1) is 0 Å². The SMILES string of the molecule is COc1ccc([C@@H]2CC(=O)C3=C(C2)Nc2ccccc2N[C@H]3c2c[nH]c3ccccc23)cc1OC. The van der Waals surface area contributed by atoms with Crippen LogP contribution in [0.1, 0.15) is 35.9 Å². The maximum absolute atomic E-state index is 13.8. The van der Waals surface area contributed by atoms with Gasteiger partial charge in [0.05, 0.1) is 31.6 Å². The molecule has 2 atom stereocenters. The number of para-hydroxylation sites is 3. The number of hydrogen-bond donors (Lipinski definition) is 3. The molecular formula is C29H27N3O3. The summed E-state index contributed by atoms with van der Waals surface area (Å²) < 4.78 is 10.9. The number of rotatable bonds is 4. The Morgan fingerprint density at radius 2 is 1.63 bits per heavy atom. The number of ether oxygens (including phenoxy) is 2. The summed E-state index contributed by atoms with van der Waals surface area (Å²) in [6, 6.07) is 22.0. The number of carbonyl (C=O) groups is 1. The van der Waals surface area contributed by atoms with E-state index in [1.165, 1.54) is 0 Å². The fourth-order valence-corrected chi connectivity index (χ4v) is 5.40. The van der Waals surface area contributed by atoms with E-state index in [1.54, 1.807) is 14.2 Å². The molecule has 6 heteroatoms. The van der Waals surface area contributed by atoms with E-state index in [0.29, 0.717) is 17.9 Å². The highest BCUT2D eigenvalue weighted by atomic mass is 16.5. The molecule has 0 fully saturated rings. The molecule has 0 radical (unpaired) electrons. The van der Waals surface area contributed by atoms with Crippen molar-refractivity contribution >= 4 is 28.1 Å². The number of methoxy groups -OCH3 is 2. The molecule has 2 aliphatic rings. The number of benzene rings is 3. The van der Waals surface area contributed by atoms with Crippen molar-refractivity contribution in [1.29, 1.82) is 0 Å². The lowest BCUT2D eigenvalue weighted by Crippen LogP contribution is -2.26. The van der Waals surface area contributed by atoms with Crippen LogP contribution in [0.25, 0.3) is 10.9 Å². The third kappa shape index (κ3) is 3.62. The number of nitrogens with one attached hydrogen (secondary N) is 3. The van der Waals surface area contributed by atoms with E-state index >= 15 is 0 Å². The molecule has 6 nitrogen and oxygen atoms in total. The molecule has 1 aromatic heterocycles. The van der Waals surface area contributed by atoms with Crippen LogP contribution in [0.5, 0.6) is 11.5 Å². The number of allylic oxidation sites excluding steroid dienone is 1. The molecule has 1 aliphatic carbocycles. The number of aromatic amines is 1. The van der Waals surface area contributed by atoms with Gasteiger partial charge >= 0.3 is 0 Å². The second-order valence-corrected chi connectivity index (χ2v) is 9.07. The normalized spacial score (nSPS) is 19.3. The van der Waals surface area contributed by atoms with Crippen molar-refractivity contribution in [2.45, 2.75) is 24.8 Å². The van der Waals surface area contributed by atoms with Gasteiger partial charge in [-0.3, -0.25) is 4.79 Å². The predicted octanol–water partition coefficient (Wildman–Crippen LogP) is 6.16. The van der Waals surface area contributed by atoms with E-state index in [2.05, 4.69) is 39.9 Å². The molecule has 176 valence electrons. The van der Waals surface area contributed by atoms with E-state index < -0.39 is 0 Å². The lowest BCUT2D eigenvalue weighted by Gasteiger charge is -2.30. The van der Waals surface area contributed by atoms with Gasteiger partial charge in [0, 0.05) is 40.4 Å². The van der Waals surface area contributed by atoms with E-state index in [9.17, 15) is 4.79 Å². The lowest BCUT2D eigenvalue weighted by molar-refractivity contribution is -0.116. The van der Waals surface area contributed by atoms with Crippen LogP contribution in [0, 0.1) is 0 Å². The molecule has 0 saturated heterocycles. The van der Waals surface area contributed by atoms with Crippen molar-refractivity contribution < 1.29 is 14.3 Å². The molecule has 35 heavy (non-hydrogen) atoms. The van der Waals surface area contributed by atoms with E-state index in [-0.39, 0.29) is 17.7 Å². The number of Topliss-reactive ketones (excluding diaryl/α,β-unsaturated/α-hetero) is 1. The molecule has 4 aromatic rings. The van der Waals surface area contributed by atoms with Crippen molar-refractivity contribution in [3.05, 3.63) is 95.3 Å². The molecule has 0 amide bonds. The first-order valence-electron chi connectivity index (χ1n) is 11.8. The summed E-state index contributed by atoms with van der Waals surface area (Å²) in [5.41, 5.74) is 6.93. The Kier molecular flexibility index (Phi) is 5.21. The third-order valence-corrected chi connectivity index (χ3v) is 7.12. The second kappa shape index (κ2) is 8.55. The van der Waals surface area contributed by atoms with Gasteiger partial charge in [0.1, 0.15) is 0 Å². The third-order valence-electron chi connectivity index (χ3n) is 7.12.